The van der Waals surface area contributed by atoms with Gasteiger partial charge in [-0.15, -0.1) is 11.3 Å². The fraction of sp³-hybridized carbons (Fsp3) is 0. The summed E-state index contributed by atoms with van der Waals surface area (Å²) in [6, 6.07) is 3.88. The maximum absolute atomic E-state index is 5.89. The van der Waals surface area contributed by atoms with Crippen LogP contribution in [0.15, 0.2) is 36.2 Å². The lowest BCUT2D eigenvalue weighted by Gasteiger charge is -2.02. The van der Waals surface area contributed by atoms with E-state index in [1.54, 1.807) is 34.6 Å². The molecule has 0 bridgehead atoms. The van der Waals surface area contributed by atoms with Gasteiger partial charge in [0.05, 0.1) is 4.88 Å². The molecule has 0 aromatic carbocycles. The molecule has 0 fully saturated rings. The Morgan fingerprint density at radius 2 is 2.18 bits per heavy atom. The van der Waals surface area contributed by atoms with Crippen LogP contribution >= 0.6 is 22.9 Å². The number of halogens is 1. The summed E-state index contributed by atoms with van der Waals surface area (Å²) in [6.07, 6.45) is 5.02. The molecule has 0 saturated carbocycles. The van der Waals surface area contributed by atoms with Crippen LogP contribution in [0, 0.1) is 0 Å². The number of thiophene rings is 1. The van der Waals surface area contributed by atoms with Crippen LogP contribution in [0.2, 0.25) is 5.28 Å². The van der Waals surface area contributed by atoms with Crippen molar-refractivity contribution in [1.82, 2.24) is 24.5 Å². The Bertz CT molecular complexity index is 568. The molecule has 3 aromatic heterocycles. The quantitative estimate of drug-likeness (QED) is 0.713. The largest absolute Gasteiger partial charge is 0.274 e. The highest BCUT2D eigenvalue weighted by molar-refractivity contribution is 7.13. The molecule has 5 nitrogen and oxygen atoms in total. The normalized spacial score (nSPS) is 10.6. The van der Waals surface area contributed by atoms with Crippen LogP contribution in [0.1, 0.15) is 0 Å². The molecule has 0 aliphatic rings. The molecule has 0 saturated heterocycles. The molecule has 0 N–H and O–H groups in total. The van der Waals surface area contributed by atoms with Crippen molar-refractivity contribution in [2.45, 2.75) is 0 Å². The van der Waals surface area contributed by atoms with Gasteiger partial charge >= 0.3 is 0 Å². The predicted octanol–water partition coefficient (Wildman–Crippen LogP) is 2.44. The van der Waals surface area contributed by atoms with Crippen molar-refractivity contribution in [2.24, 2.45) is 0 Å². The summed E-state index contributed by atoms with van der Waals surface area (Å²) < 4.78 is 1.69. The van der Waals surface area contributed by atoms with Gasteiger partial charge < -0.3 is 0 Å². The van der Waals surface area contributed by atoms with Gasteiger partial charge in [-0.1, -0.05) is 6.07 Å². The first-order valence-electron chi connectivity index (χ1n) is 4.77. The van der Waals surface area contributed by atoms with E-state index in [2.05, 4.69) is 19.9 Å². The maximum Gasteiger partial charge on any atom is 0.239 e. The Kier molecular flexibility index (Phi) is 2.58. The second kappa shape index (κ2) is 4.23. The lowest BCUT2D eigenvalue weighted by atomic mass is 10.4. The van der Waals surface area contributed by atoms with Gasteiger partial charge in [-0.25, -0.2) is 4.98 Å². The summed E-state index contributed by atoms with van der Waals surface area (Å²) in [4.78, 5) is 17.4. The highest BCUT2D eigenvalue weighted by atomic mass is 35.5. The number of nitrogens with zero attached hydrogens (tertiary/aromatic N) is 5. The molecule has 0 unspecified atom stereocenters. The molecule has 0 spiro atoms. The third-order valence-corrected chi connectivity index (χ3v) is 3.11. The van der Waals surface area contributed by atoms with E-state index in [-0.39, 0.29) is 5.28 Å². The molecule has 3 aromatic rings. The SMILES string of the molecule is Clc1nc(-c2cccs2)nc(-n2ccnc2)n1. The van der Waals surface area contributed by atoms with Gasteiger partial charge in [0.15, 0.2) is 5.82 Å². The molecule has 7 heteroatoms. The van der Waals surface area contributed by atoms with Crippen LogP contribution in [0.5, 0.6) is 0 Å². The Balaban J connectivity index is 2.13. The molecule has 3 rings (SSSR count). The summed E-state index contributed by atoms with van der Waals surface area (Å²) in [7, 11) is 0. The maximum atomic E-state index is 5.89. The van der Waals surface area contributed by atoms with Crippen LogP contribution in [0.4, 0.5) is 0 Å². The topological polar surface area (TPSA) is 56.5 Å². The van der Waals surface area contributed by atoms with Crippen molar-refractivity contribution >= 4 is 22.9 Å². The Morgan fingerprint density at radius 1 is 1.24 bits per heavy atom. The lowest BCUT2D eigenvalue weighted by Crippen LogP contribution is -2.02. The van der Waals surface area contributed by atoms with Crippen molar-refractivity contribution < 1.29 is 0 Å². The van der Waals surface area contributed by atoms with Gasteiger partial charge in [0.1, 0.15) is 6.33 Å². The van der Waals surface area contributed by atoms with Crippen LogP contribution in [-0.4, -0.2) is 24.5 Å². The highest BCUT2D eigenvalue weighted by Crippen LogP contribution is 2.22. The van der Waals surface area contributed by atoms with Gasteiger partial charge in [-0.3, -0.25) is 4.57 Å². The first-order chi connectivity index (χ1) is 8.33. The van der Waals surface area contributed by atoms with Gasteiger partial charge in [0.25, 0.3) is 0 Å². The smallest absolute Gasteiger partial charge is 0.239 e. The number of imidazole rings is 1. The molecular weight excluding hydrogens is 258 g/mol. The molecular formula is C10H6ClN5S. The van der Waals surface area contributed by atoms with E-state index in [0.29, 0.717) is 11.8 Å². The van der Waals surface area contributed by atoms with E-state index in [9.17, 15) is 0 Å². The zero-order valence-electron chi connectivity index (χ0n) is 8.49. The summed E-state index contributed by atoms with van der Waals surface area (Å²) >= 11 is 7.45. The highest BCUT2D eigenvalue weighted by Gasteiger charge is 2.08. The average molecular weight is 264 g/mol. The van der Waals surface area contributed by atoms with Crippen LogP contribution in [0.25, 0.3) is 16.6 Å². The Hall–Kier alpha value is -1.79. The first kappa shape index (κ1) is 10.4. The number of aromatic nitrogens is 5. The van der Waals surface area contributed by atoms with E-state index in [0.717, 1.165) is 4.88 Å². The number of rotatable bonds is 2. The molecule has 17 heavy (non-hydrogen) atoms. The second-order valence-electron chi connectivity index (χ2n) is 3.18. The van der Waals surface area contributed by atoms with E-state index in [1.165, 1.54) is 0 Å². The third-order valence-electron chi connectivity index (χ3n) is 2.07. The van der Waals surface area contributed by atoms with Crippen molar-refractivity contribution in [2.75, 3.05) is 0 Å². The fourth-order valence-electron chi connectivity index (χ4n) is 1.35. The minimum atomic E-state index is 0.173. The van der Waals surface area contributed by atoms with E-state index < -0.39 is 0 Å². The fourth-order valence-corrected chi connectivity index (χ4v) is 2.16. The monoisotopic (exact) mass is 263 g/mol. The second-order valence-corrected chi connectivity index (χ2v) is 4.46. The number of hydrogen-bond donors (Lipinski definition) is 0. The molecule has 84 valence electrons. The predicted molar refractivity (Wildman–Crippen MR) is 65.3 cm³/mol. The molecule has 3 heterocycles. The molecule has 0 radical (unpaired) electrons. The summed E-state index contributed by atoms with van der Waals surface area (Å²) in [5.74, 6) is 1.04. The van der Waals surface area contributed by atoms with Gasteiger partial charge in [-0.05, 0) is 23.0 Å². The molecule has 0 aliphatic heterocycles. The summed E-state index contributed by atoms with van der Waals surface area (Å²) in [6.45, 7) is 0. The summed E-state index contributed by atoms with van der Waals surface area (Å²) in [5, 5.41) is 2.14. The molecule has 0 amide bonds. The van der Waals surface area contributed by atoms with Gasteiger partial charge in [0, 0.05) is 12.4 Å². The van der Waals surface area contributed by atoms with Crippen molar-refractivity contribution in [3.05, 3.63) is 41.5 Å². The standard InChI is InChI=1S/C10H6ClN5S/c11-9-13-8(7-2-1-5-17-7)14-10(15-9)16-4-3-12-6-16/h1-6H. The summed E-state index contributed by atoms with van der Waals surface area (Å²) in [5.41, 5.74) is 0. The van der Waals surface area contributed by atoms with Crippen LogP contribution in [0.3, 0.4) is 0 Å². The van der Waals surface area contributed by atoms with Crippen LogP contribution in [-0.2, 0) is 0 Å². The minimum absolute atomic E-state index is 0.173. The molecule has 0 atom stereocenters. The van der Waals surface area contributed by atoms with E-state index in [4.69, 9.17) is 11.6 Å². The van der Waals surface area contributed by atoms with Crippen molar-refractivity contribution in [3.63, 3.8) is 0 Å². The first-order valence-corrected chi connectivity index (χ1v) is 6.02. The Morgan fingerprint density at radius 3 is 2.88 bits per heavy atom. The number of hydrogen-bond acceptors (Lipinski definition) is 5. The third kappa shape index (κ3) is 2.04. The Labute approximate surface area is 106 Å². The average Bonchev–Trinajstić information content (AvgIpc) is 3.02. The zero-order valence-corrected chi connectivity index (χ0v) is 10.1. The van der Waals surface area contributed by atoms with Crippen molar-refractivity contribution in [1.29, 1.82) is 0 Å². The van der Waals surface area contributed by atoms with E-state index in [1.807, 2.05) is 17.5 Å². The van der Waals surface area contributed by atoms with E-state index >= 15 is 0 Å². The van der Waals surface area contributed by atoms with Gasteiger partial charge in [0.2, 0.25) is 11.2 Å². The minimum Gasteiger partial charge on any atom is -0.274 e. The zero-order chi connectivity index (χ0) is 11.7. The lowest BCUT2D eigenvalue weighted by molar-refractivity contribution is 0.900. The van der Waals surface area contributed by atoms with Crippen LogP contribution < -0.4 is 0 Å². The van der Waals surface area contributed by atoms with Gasteiger partial charge in [-0.2, -0.15) is 15.0 Å². The van der Waals surface area contributed by atoms with Crippen molar-refractivity contribution in [3.8, 4) is 16.6 Å². The molecule has 0 aliphatic carbocycles.